The summed E-state index contributed by atoms with van der Waals surface area (Å²) in [5.74, 6) is -1.04. The van der Waals surface area contributed by atoms with Gasteiger partial charge in [-0.3, -0.25) is 0 Å². The van der Waals surface area contributed by atoms with Crippen molar-refractivity contribution in [1.29, 1.82) is 0 Å². The number of nitrogen functional groups attached to an aromatic ring is 1. The second-order valence-electron chi connectivity index (χ2n) is 4.38. The summed E-state index contributed by atoms with van der Waals surface area (Å²) in [5.41, 5.74) is 6.63. The highest BCUT2D eigenvalue weighted by Gasteiger charge is 2.19. The topological polar surface area (TPSA) is 60.2 Å². The molecule has 0 amide bonds. The molecule has 2 aromatic rings. The Labute approximate surface area is 111 Å². The van der Waals surface area contributed by atoms with Crippen LogP contribution in [0, 0.1) is 12.7 Å². The van der Waals surface area contributed by atoms with Crippen LogP contribution in [0.15, 0.2) is 47.4 Å². The Morgan fingerprint density at radius 2 is 1.84 bits per heavy atom. The lowest BCUT2D eigenvalue weighted by Crippen LogP contribution is -2.09. The molecule has 0 spiro atoms. The van der Waals surface area contributed by atoms with Crippen molar-refractivity contribution in [3.05, 3.63) is 59.4 Å². The van der Waals surface area contributed by atoms with Crippen molar-refractivity contribution in [3.8, 4) is 0 Å². The molecular weight excluding hydrogens is 265 g/mol. The van der Waals surface area contributed by atoms with E-state index in [4.69, 9.17) is 5.73 Å². The number of benzene rings is 2. The first-order chi connectivity index (χ1) is 8.90. The Morgan fingerprint density at radius 3 is 2.47 bits per heavy atom. The highest BCUT2D eigenvalue weighted by molar-refractivity contribution is 7.90. The Bertz CT molecular complexity index is 691. The van der Waals surface area contributed by atoms with Gasteiger partial charge in [0.25, 0.3) is 0 Å². The van der Waals surface area contributed by atoms with Crippen molar-refractivity contribution in [2.24, 2.45) is 0 Å². The molecule has 0 atom stereocenters. The first-order valence-corrected chi connectivity index (χ1v) is 7.37. The van der Waals surface area contributed by atoms with Gasteiger partial charge in [0.05, 0.1) is 10.6 Å². The van der Waals surface area contributed by atoms with Gasteiger partial charge in [-0.25, -0.2) is 12.8 Å². The van der Waals surface area contributed by atoms with Crippen molar-refractivity contribution in [2.45, 2.75) is 17.6 Å². The fourth-order valence-electron chi connectivity index (χ4n) is 1.81. The quantitative estimate of drug-likeness (QED) is 0.879. The van der Waals surface area contributed by atoms with Crippen LogP contribution >= 0.6 is 0 Å². The van der Waals surface area contributed by atoms with E-state index in [9.17, 15) is 12.8 Å². The maximum atomic E-state index is 13.6. The molecule has 0 unspecified atom stereocenters. The molecule has 0 aromatic heterocycles. The molecule has 0 bridgehead atoms. The summed E-state index contributed by atoms with van der Waals surface area (Å²) in [6, 6.07) is 10.7. The number of sulfone groups is 1. The number of anilines is 1. The molecule has 0 radical (unpaired) electrons. The molecular formula is C14H14FNO2S. The lowest BCUT2D eigenvalue weighted by molar-refractivity contribution is 0.587. The Morgan fingerprint density at radius 1 is 1.16 bits per heavy atom. The average Bonchev–Trinajstić information content (AvgIpc) is 2.34. The molecule has 2 N–H and O–H groups in total. The van der Waals surface area contributed by atoms with Crippen molar-refractivity contribution in [3.63, 3.8) is 0 Å². The van der Waals surface area contributed by atoms with Crippen molar-refractivity contribution in [1.82, 2.24) is 0 Å². The van der Waals surface area contributed by atoms with Crippen molar-refractivity contribution < 1.29 is 12.8 Å². The van der Waals surface area contributed by atoms with Gasteiger partial charge in [0.15, 0.2) is 9.84 Å². The third kappa shape index (κ3) is 2.93. The van der Waals surface area contributed by atoms with Crippen LogP contribution in [0.2, 0.25) is 0 Å². The summed E-state index contributed by atoms with van der Waals surface area (Å²) in [6.07, 6.45) is 0. The van der Waals surface area contributed by atoms with Crippen LogP contribution in [-0.4, -0.2) is 8.42 Å². The second-order valence-corrected chi connectivity index (χ2v) is 6.37. The minimum Gasteiger partial charge on any atom is -0.398 e. The first kappa shape index (κ1) is 13.5. The normalized spacial score (nSPS) is 11.5. The predicted molar refractivity (Wildman–Crippen MR) is 72.9 cm³/mol. The first-order valence-electron chi connectivity index (χ1n) is 5.72. The molecule has 0 saturated heterocycles. The van der Waals surface area contributed by atoms with E-state index < -0.39 is 21.4 Å². The van der Waals surface area contributed by atoms with Gasteiger partial charge in [-0.1, -0.05) is 18.2 Å². The highest BCUT2D eigenvalue weighted by Crippen LogP contribution is 2.23. The van der Waals surface area contributed by atoms with Gasteiger partial charge in [-0.2, -0.15) is 0 Å². The summed E-state index contributed by atoms with van der Waals surface area (Å²) in [6.45, 7) is 1.80. The highest BCUT2D eigenvalue weighted by atomic mass is 32.2. The van der Waals surface area contributed by atoms with Gasteiger partial charge in [0, 0.05) is 11.3 Å². The minimum atomic E-state index is -3.60. The van der Waals surface area contributed by atoms with E-state index in [1.54, 1.807) is 25.1 Å². The summed E-state index contributed by atoms with van der Waals surface area (Å²) in [5, 5.41) is 0. The molecule has 5 heteroatoms. The van der Waals surface area contributed by atoms with Gasteiger partial charge in [0.2, 0.25) is 0 Å². The number of rotatable bonds is 3. The molecule has 0 saturated carbocycles. The van der Waals surface area contributed by atoms with Crippen LogP contribution in [0.1, 0.15) is 11.1 Å². The van der Waals surface area contributed by atoms with Gasteiger partial charge >= 0.3 is 0 Å². The van der Waals surface area contributed by atoms with Crippen LogP contribution in [0.25, 0.3) is 0 Å². The smallest absolute Gasteiger partial charge is 0.182 e. The maximum absolute atomic E-state index is 13.6. The Hall–Kier alpha value is -1.88. The summed E-state index contributed by atoms with van der Waals surface area (Å²) in [4.78, 5) is 0.176. The molecule has 0 heterocycles. The molecule has 0 aliphatic carbocycles. The van der Waals surface area contributed by atoms with E-state index in [1.807, 2.05) is 0 Å². The number of hydrogen-bond donors (Lipinski definition) is 1. The van der Waals surface area contributed by atoms with Crippen LogP contribution in [0.3, 0.4) is 0 Å². The lowest BCUT2D eigenvalue weighted by atomic mass is 10.2. The maximum Gasteiger partial charge on any atom is 0.182 e. The number of aryl methyl sites for hydroxylation is 1. The van der Waals surface area contributed by atoms with Gasteiger partial charge < -0.3 is 5.73 Å². The Balaban J connectivity index is 2.42. The SMILES string of the molecule is Cc1cccc(S(=O)(=O)Cc2c(N)cccc2F)c1. The molecule has 100 valence electrons. The minimum absolute atomic E-state index is 0.0176. The largest absolute Gasteiger partial charge is 0.398 e. The van der Waals surface area contributed by atoms with Crippen molar-refractivity contribution in [2.75, 3.05) is 5.73 Å². The predicted octanol–water partition coefficient (Wildman–Crippen LogP) is 2.69. The van der Waals surface area contributed by atoms with E-state index in [2.05, 4.69) is 0 Å². The van der Waals surface area contributed by atoms with Gasteiger partial charge in [0.1, 0.15) is 5.82 Å². The van der Waals surface area contributed by atoms with Crippen LogP contribution in [-0.2, 0) is 15.6 Å². The molecule has 0 aliphatic heterocycles. The number of nitrogens with two attached hydrogens (primary N) is 1. The van der Waals surface area contributed by atoms with Crippen LogP contribution in [0.4, 0.5) is 10.1 Å². The third-order valence-corrected chi connectivity index (χ3v) is 4.48. The molecule has 0 fully saturated rings. The van der Waals surface area contributed by atoms with Crippen LogP contribution < -0.4 is 5.73 Å². The zero-order valence-corrected chi connectivity index (χ0v) is 11.2. The van der Waals surface area contributed by atoms with Gasteiger partial charge in [-0.05, 0) is 36.8 Å². The van der Waals surface area contributed by atoms with Crippen LogP contribution in [0.5, 0.6) is 0 Å². The van der Waals surface area contributed by atoms with Gasteiger partial charge in [-0.15, -0.1) is 0 Å². The molecule has 0 aliphatic rings. The summed E-state index contributed by atoms with van der Waals surface area (Å²) >= 11 is 0. The third-order valence-electron chi connectivity index (χ3n) is 2.84. The second kappa shape index (κ2) is 5.01. The number of halogens is 1. The number of hydrogen-bond acceptors (Lipinski definition) is 3. The molecule has 3 nitrogen and oxygen atoms in total. The summed E-state index contributed by atoms with van der Waals surface area (Å²) in [7, 11) is -3.60. The average molecular weight is 279 g/mol. The zero-order valence-electron chi connectivity index (χ0n) is 10.4. The lowest BCUT2D eigenvalue weighted by Gasteiger charge is -2.08. The zero-order chi connectivity index (χ0) is 14.0. The van der Waals surface area contributed by atoms with Crippen molar-refractivity contribution >= 4 is 15.5 Å². The molecule has 2 rings (SSSR count). The van der Waals surface area contributed by atoms with E-state index in [0.29, 0.717) is 0 Å². The van der Waals surface area contributed by atoms with E-state index in [-0.39, 0.29) is 16.1 Å². The van der Waals surface area contributed by atoms with E-state index in [0.717, 1.165) is 5.56 Å². The summed E-state index contributed by atoms with van der Waals surface area (Å²) < 4.78 is 38.1. The Kier molecular flexibility index (Phi) is 3.57. The fraction of sp³-hybridized carbons (Fsp3) is 0.143. The van der Waals surface area contributed by atoms with E-state index in [1.165, 1.54) is 24.3 Å². The molecule has 2 aromatic carbocycles. The standard InChI is InChI=1S/C14H14FNO2S/c1-10-4-2-5-11(8-10)19(17,18)9-12-13(15)6-3-7-14(12)16/h2-8H,9,16H2,1H3. The van der Waals surface area contributed by atoms with E-state index >= 15 is 0 Å². The molecule has 19 heavy (non-hydrogen) atoms. The fourth-order valence-corrected chi connectivity index (χ4v) is 3.31. The monoisotopic (exact) mass is 279 g/mol.